The molecule has 0 aliphatic heterocycles. The van der Waals surface area contributed by atoms with Crippen molar-refractivity contribution in [1.29, 1.82) is 0 Å². The molecule has 2 aliphatic rings. The number of pyridine rings is 1. The van der Waals surface area contributed by atoms with Crippen LogP contribution in [-0.4, -0.2) is 4.98 Å². The summed E-state index contributed by atoms with van der Waals surface area (Å²) in [5, 5.41) is 5.09. The Kier molecular flexibility index (Phi) is 6.90. The molecule has 0 atom stereocenters. The largest absolute Gasteiger partial charge is 0.295 e. The molecule has 2 nitrogen and oxygen atoms in total. The molecule has 8 aromatic rings. The Bertz CT molecular complexity index is 2740. The molecule has 244 valence electrons. The second-order valence-corrected chi connectivity index (χ2v) is 13.5. The van der Waals surface area contributed by atoms with Crippen molar-refractivity contribution in [3.8, 4) is 44.5 Å². The van der Waals surface area contributed by atoms with E-state index in [1.54, 1.807) is 0 Å². The molecule has 0 radical (unpaired) electrons. The molecule has 10 rings (SSSR count). The van der Waals surface area contributed by atoms with Crippen LogP contribution in [0.4, 0.5) is 17.2 Å². The van der Waals surface area contributed by atoms with Gasteiger partial charge in [-0.1, -0.05) is 134 Å². The van der Waals surface area contributed by atoms with E-state index < -0.39 is 0 Å². The van der Waals surface area contributed by atoms with Gasteiger partial charge in [-0.3, -0.25) is 4.90 Å². The number of fused-ring (bicyclic) bond motifs is 3. The molecule has 1 heterocycles. The number of hydrogen-bond acceptors (Lipinski definition) is 2. The number of allylic oxidation sites excluding steroid dienone is 5. The predicted molar refractivity (Wildman–Crippen MR) is 221 cm³/mol. The summed E-state index contributed by atoms with van der Waals surface area (Å²) >= 11 is 0. The van der Waals surface area contributed by atoms with E-state index in [-0.39, 0.29) is 0 Å². The Hall–Kier alpha value is -6.77. The van der Waals surface area contributed by atoms with E-state index in [0.29, 0.717) is 0 Å². The average Bonchev–Trinajstić information content (AvgIpc) is 3.70. The van der Waals surface area contributed by atoms with Crippen LogP contribution in [0.25, 0.3) is 77.2 Å². The lowest BCUT2D eigenvalue weighted by Gasteiger charge is -2.26. The number of benzene rings is 7. The van der Waals surface area contributed by atoms with Crippen molar-refractivity contribution in [2.45, 2.75) is 6.92 Å². The Morgan fingerprint density at radius 1 is 0.481 bits per heavy atom. The van der Waals surface area contributed by atoms with E-state index in [4.69, 9.17) is 4.98 Å². The smallest absolute Gasteiger partial charge is 0.137 e. The van der Waals surface area contributed by atoms with Crippen LogP contribution in [0.1, 0.15) is 18.1 Å². The minimum Gasteiger partial charge on any atom is -0.295 e. The van der Waals surface area contributed by atoms with Gasteiger partial charge in [0.2, 0.25) is 0 Å². The summed E-state index contributed by atoms with van der Waals surface area (Å²) in [5.74, 6) is 0.865. The van der Waals surface area contributed by atoms with Crippen molar-refractivity contribution in [3.05, 3.63) is 194 Å². The SMILES string of the molecule is C=CC1=C(/C=C\C)c2ccc(-c3cc(-c4ccc5c6c(cccc46)-c4ccccc4-5)cc(N(c4ccccc4)c4ccccn4)c3)c3cccc1c23. The number of rotatable bonds is 7. The molecule has 0 saturated carbocycles. The molecule has 52 heavy (non-hydrogen) atoms. The number of hydrogen-bond donors (Lipinski definition) is 0. The van der Waals surface area contributed by atoms with Gasteiger partial charge in [-0.25, -0.2) is 4.98 Å². The van der Waals surface area contributed by atoms with Gasteiger partial charge in [-0.2, -0.15) is 0 Å². The highest BCUT2D eigenvalue weighted by atomic mass is 15.2. The predicted octanol–water partition coefficient (Wildman–Crippen LogP) is 13.8. The Labute approximate surface area is 304 Å². The number of para-hydroxylation sites is 1. The zero-order chi connectivity index (χ0) is 34.8. The molecule has 0 fully saturated rings. The number of anilines is 3. The highest BCUT2D eigenvalue weighted by Gasteiger charge is 2.25. The second kappa shape index (κ2) is 11.9. The molecule has 2 aliphatic carbocycles. The maximum Gasteiger partial charge on any atom is 0.137 e. The maximum absolute atomic E-state index is 4.87. The van der Waals surface area contributed by atoms with Crippen LogP contribution >= 0.6 is 0 Å². The van der Waals surface area contributed by atoms with Gasteiger partial charge >= 0.3 is 0 Å². The first-order valence-corrected chi connectivity index (χ1v) is 17.9. The fourth-order valence-corrected chi connectivity index (χ4v) is 8.55. The number of aromatic nitrogens is 1. The average molecular weight is 663 g/mol. The number of nitrogens with zero attached hydrogens (tertiary/aromatic N) is 2. The minimum atomic E-state index is 0.865. The van der Waals surface area contributed by atoms with Gasteiger partial charge in [0.15, 0.2) is 0 Å². The van der Waals surface area contributed by atoms with Crippen molar-refractivity contribution in [3.63, 3.8) is 0 Å². The summed E-state index contributed by atoms with van der Waals surface area (Å²) in [6.45, 7) is 6.29. The van der Waals surface area contributed by atoms with E-state index >= 15 is 0 Å². The third-order valence-corrected chi connectivity index (χ3v) is 10.7. The molecule has 1 aromatic heterocycles. The molecular weight excluding hydrogens is 629 g/mol. The third kappa shape index (κ3) is 4.48. The maximum atomic E-state index is 4.87. The molecule has 0 saturated heterocycles. The first kappa shape index (κ1) is 30.1. The van der Waals surface area contributed by atoms with Crippen molar-refractivity contribution in [1.82, 2.24) is 4.98 Å². The van der Waals surface area contributed by atoms with Crippen LogP contribution < -0.4 is 4.90 Å². The van der Waals surface area contributed by atoms with Gasteiger partial charge in [-0.05, 0) is 138 Å². The molecular formula is C50H34N2. The normalized spacial score (nSPS) is 12.6. The van der Waals surface area contributed by atoms with Gasteiger partial charge in [0.25, 0.3) is 0 Å². The Morgan fingerprint density at radius 2 is 1.04 bits per heavy atom. The van der Waals surface area contributed by atoms with Gasteiger partial charge in [0.05, 0.1) is 0 Å². The lowest BCUT2D eigenvalue weighted by molar-refractivity contribution is 1.18. The standard InChI is InChI=1S/C50H34N2/c1-3-14-39-36(4-2)42-19-12-20-43-37(24-26-46(39)49(42)43)32-29-33(31-35(30-32)52(34-15-6-5-7-16-34)48-23-10-11-28-51-48)38-25-27-47-41-18-9-8-17-40(41)45-22-13-21-44(38)50(45)47/h3-31H,2H2,1H3/b14-3-. The van der Waals surface area contributed by atoms with Gasteiger partial charge in [0.1, 0.15) is 5.82 Å². The van der Waals surface area contributed by atoms with Crippen molar-refractivity contribution < 1.29 is 0 Å². The monoisotopic (exact) mass is 662 g/mol. The van der Waals surface area contributed by atoms with Crippen molar-refractivity contribution >= 4 is 49.9 Å². The summed E-state index contributed by atoms with van der Waals surface area (Å²) in [4.78, 5) is 7.14. The summed E-state index contributed by atoms with van der Waals surface area (Å²) < 4.78 is 0. The molecule has 2 heteroatoms. The molecule has 0 N–H and O–H groups in total. The van der Waals surface area contributed by atoms with Gasteiger partial charge in [-0.15, -0.1) is 0 Å². The van der Waals surface area contributed by atoms with E-state index in [2.05, 4.69) is 176 Å². The van der Waals surface area contributed by atoms with Gasteiger partial charge < -0.3 is 0 Å². The fourth-order valence-electron chi connectivity index (χ4n) is 8.55. The first-order valence-electron chi connectivity index (χ1n) is 17.9. The quantitative estimate of drug-likeness (QED) is 0.169. The molecule has 7 aromatic carbocycles. The van der Waals surface area contributed by atoms with E-state index in [1.807, 2.05) is 18.3 Å². The highest BCUT2D eigenvalue weighted by Crippen LogP contribution is 2.51. The topological polar surface area (TPSA) is 16.1 Å². The van der Waals surface area contributed by atoms with Crippen LogP contribution in [0.3, 0.4) is 0 Å². The van der Waals surface area contributed by atoms with Gasteiger partial charge in [0, 0.05) is 17.6 Å². The minimum absolute atomic E-state index is 0.865. The summed E-state index contributed by atoms with van der Waals surface area (Å²) in [5.41, 5.74) is 16.9. The van der Waals surface area contributed by atoms with Crippen molar-refractivity contribution in [2.75, 3.05) is 4.90 Å². The third-order valence-electron chi connectivity index (χ3n) is 10.7. The second-order valence-electron chi connectivity index (χ2n) is 13.5. The Morgan fingerprint density at radius 3 is 1.69 bits per heavy atom. The van der Waals surface area contributed by atoms with E-state index in [1.165, 1.54) is 77.2 Å². The van der Waals surface area contributed by atoms with E-state index in [9.17, 15) is 0 Å². The summed E-state index contributed by atoms with van der Waals surface area (Å²) in [6.07, 6.45) is 8.20. The molecule has 0 bridgehead atoms. The lowest BCUT2D eigenvalue weighted by Crippen LogP contribution is -2.11. The van der Waals surface area contributed by atoms with Crippen LogP contribution in [0, 0.1) is 0 Å². The highest BCUT2D eigenvalue weighted by molar-refractivity contribution is 6.21. The van der Waals surface area contributed by atoms with Crippen LogP contribution in [0.2, 0.25) is 0 Å². The van der Waals surface area contributed by atoms with Crippen LogP contribution in [0.5, 0.6) is 0 Å². The van der Waals surface area contributed by atoms with Crippen LogP contribution in [-0.2, 0) is 0 Å². The van der Waals surface area contributed by atoms with E-state index in [0.717, 1.165) is 28.3 Å². The van der Waals surface area contributed by atoms with Crippen molar-refractivity contribution in [2.24, 2.45) is 0 Å². The summed E-state index contributed by atoms with van der Waals surface area (Å²) in [6, 6.07) is 55.2. The lowest BCUT2D eigenvalue weighted by atomic mass is 9.89. The molecule has 0 spiro atoms. The fraction of sp³-hybridized carbons (Fsp3) is 0.0200. The zero-order valence-electron chi connectivity index (χ0n) is 28.8. The van der Waals surface area contributed by atoms with Crippen LogP contribution in [0.15, 0.2) is 183 Å². The first-order chi connectivity index (χ1) is 25.7. The molecule has 0 unspecified atom stereocenters. The Balaban J connectivity index is 1.26. The zero-order valence-corrected chi connectivity index (χ0v) is 28.8. The molecule has 0 amide bonds. The summed E-state index contributed by atoms with van der Waals surface area (Å²) in [7, 11) is 0.